The number of carbonyl (C=O) groups excluding carboxylic acids is 1. The van der Waals surface area contributed by atoms with E-state index in [0.717, 1.165) is 19.3 Å². The number of carbonyl (C=O) groups is 1. The Kier molecular flexibility index (Phi) is 5.01. The molecule has 0 aliphatic carbocycles. The molecule has 1 fully saturated rings. The van der Waals surface area contributed by atoms with Crippen molar-refractivity contribution < 1.29 is 14.5 Å². The SMILES string of the molecule is COc1cc([N+](=O)[O-])ccc1C(=O)N1CCCCC1CCl. The number of hydrogen-bond donors (Lipinski definition) is 0. The normalized spacial score (nSPS) is 18.4. The van der Waals surface area contributed by atoms with Crippen molar-refractivity contribution in [3.05, 3.63) is 33.9 Å². The van der Waals surface area contributed by atoms with Crippen molar-refractivity contribution >= 4 is 23.2 Å². The lowest BCUT2D eigenvalue weighted by Gasteiger charge is -2.34. The first-order valence-electron chi connectivity index (χ1n) is 6.78. The summed E-state index contributed by atoms with van der Waals surface area (Å²) in [6.07, 6.45) is 2.87. The summed E-state index contributed by atoms with van der Waals surface area (Å²) in [5, 5.41) is 10.8. The molecule has 0 N–H and O–H groups in total. The average molecular weight is 313 g/mol. The molecule has 0 saturated carbocycles. The fraction of sp³-hybridized carbons (Fsp3) is 0.500. The molecule has 6 nitrogen and oxygen atoms in total. The number of methoxy groups -OCH3 is 1. The van der Waals surface area contributed by atoms with Crippen LogP contribution in [0.15, 0.2) is 18.2 Å². The molecule has 0 radical (unpaired) electrons. The molecule has 0 bridgehead atoms. The molecule has 1 aromatic carbocycles. The zero-order valence-corrected chi connectivity index (χ0v) is 12.5. The van der Waals surface area contributed by atoms with Gasteiger partial charge >= 0.3 is 0 Å². The Labute approximate surface area is 127 Å². The van der Waals surface area contributed by atoms with E-state index in [9.17, 15) is 14.9 Å². The van der Waals surface area contributed by atoms with Gasteiger partial charge in [-0.15, -0.1) is 11.6 Å². The van der Waals surface area contributed by atoms with Crippen LogP contribution in [0, 0.1) is 10.1 Å². The third-order valence-corrected chi connectivity index (χ3v) is 4.05. The number of nitro groups is 1. The highest BCUT2D eigenvalue weighted by Crippen LogP contribution is 2.28. The van der Waals surface area contributed by atoms with Crippen molar-refractivity contribution in [2.45, 2.75) is 25.3 Å². The van der Waals surface area contributed by atoms with E-state index in [-0.39, 0.29) is 23.4 Å². The van der Waals surface area contributed by atoms with Gasteiger partial charge in [0, 0.05) is 24.5 Å². The van der Waals surface area contributed by atoms with Gasteiger partial charge in [0.15, 0.2) is 0 Å². The van der Waals surface area contributed by atoms with Crippen LogP contribution in [0.4, 0.5) is 5.69 Å². The van der Waals surface area contributed by atoms with Crippen molar-refractivity contribution in [2.75, 3.05) is 19.5 Å². The smallest absolute Gasteiger partial charge is 0.273 e. The Morgan fingerprint density at radius 3 is 2.90 bits per heavy atom. The predicted molar refractivity (Wildman–Crippen MR) is 79.0 cm³/mol. The summed E-state index contributed by atoms with van der Waals surface area (Å²) in [6.45, 7) is 0.649. The minimum atomic E-state index is -0.515. The largest absolute Gasteiger partial charge is 0.496 e. The van der Waals surface area contributed by atoms with E-state index in [0.29, 0.717) is 18.0 Å². The second kappa shape index (κ2) is 6.76. The van der Waals surface area contributed by atoms with Crippen LogP contribution in [-0.4, -0.2) is 41.3 Å². The van der Waals surface area contributed by atoms with Crippen LogP contribution in [0.2, 0.25) is 0 Å². The molecule has 1 atom stereocenters. The third kappa shape index (κ3) is 3.26. The van der Waals surface area contributed by atoms with Gasteiger partial charge in [0.1, 0.15) is 5.75 Å². The van der Waals surface area contributed by atoms with E-state index < -0.39 is 4.92 Å². The lowest BCUT2D eigenvalue weighted by molar-refractivity contribution is -0.384. The molecule has 1 aliphatic heterocycles. The van der Waals surface area contributed by atoms with E-state index in [1.54, 1.807) is 4.90 Å². The Morgan fingerprint density at radius 2 is 2.29 bits per heavy atom. The van der Waals surface area contributed by atoms with Crippen LogP contribution >= 0.6 is 11.6 Å². The van der Waals surface area contributed by atoms with Gasteiger partial charge in [0.05, 0.1) is 23.7 Å². The number of amides is 1. The number of halogens is 1. The Bertz CT molecular complexity index is 550. The van der Waals surface area contributed by atoms with E-state index in [4.69, 9.17) is 16.3 Å². The Balaban J connectivity index is 2.31. The molecule has 0 spiro atoms. The summed E-state index contributed by atoms with van der Waals surface area (Å²) < 4.78 is 5.13. The highest BCUT2D eigenvalue weighted by Gasteiger charge is 2.29. The maximum absolute atomic E-state index is 12.6. The van der Waals surface area contributed by atoms with Crippen molar-refractivity contribution in [3.63, 3.8) is 0 Å². The van der Waals surface area contributed by atoms with Crippen molar-refractivity contribution in [2.24, 2.45) is 0 Å². The molecule has 1 aromatic rings. The first kappa shape index (κ1) is 15.6. The number of alkyl halides is 1. The summed E-state index contributed by atoms with van der Waals surface area (Å²) in [5.41, 5.74) is 0.232. The number of likely N-dealkylation sites (tertiary alicyclic amines) is 1. The molecular weight excluding hydrogens is 296 g/mol. The maximum Gasteiger partial charge on any atom is 0.273 e. The number of non-ortho nitro benzene ring substituents is 1. The summed E-state index contributed by atoms with van der Waals surface area (Å²) >= 11 is 5.93. The fourth-order valence-corrected chi connectivity index (χ4v) is 2.87. The minimum Gasteiger partial charge on any atom is -0.496 e. The predicted octanol–water partition coefficient (Wildman–Crippen LogP) is 2.84. The molecular formula is C14H17ClN2O4. The van der Waals surface area contributed by atoms with Gasteiger partial charge in [-0.1, -0.05) is 0 Å². The fourth-order valence-electron chi connectivity index (χ4n) is 2.55. The molecule has 21 heavy (non-hydrogen) atoms. The highest BCUT2D eigenvalue weighted by molar-refractivity contribution is 6.18. The van der Waals surface area contributed by atoms with Crippen LogP contribution < -0.4 is 4.74 Å². The highest BCUT2D eigenvalue weighted by atomic mass is 35.5. The second-order valence-electron chi connectivity index (χ2n) is 4.94. The number of hydrogen-bond acceptors (Lipinski definition) is 4. The number of nitrogens with zero attached hydrogens (tertiary/aromatic N) is 2. The number of benzene rings is 1. The van der Waals surface area contributed by atoms with Crippen molar-refractivity contribution in [1.82, 2.24) is 4.90 Å². The van der Waals surface area contributed by atoms with Gasteiger partial charge in [-0.3, -0.25) is 14.9 Å². The number of piperidine rings is 1. The average Bonchev–Trinajstić information content (AvgIpc) is 2.53. The lowest BCUT2D eigenvalue weighted by atomic mass is 10.0. The first-order valence-corrected chi connectivity index (χ1v) is 7.31. The van der Waals surface area contributed by atoms with E-state index >= 15 is 0 Å². The standard InChI is InChI=1S/C14H17ClN2O4/c1-21-13-8-10(17(19)20)5-6-12(13)14(18)16-7-3-2-4-11(16)9-15/h5-6,8,11H,2-4,7,9H2,1H3. The zero-order valence-electron chi connectivity index (χ0n) is 11.8. The second-order valence-corrected chi connectivity index (χ2v) is 5.25. The Hall–Kier alpha value is -1.82. The van der Waals surface area contributed by atoms with E-state index in [2.05, 4.69) is 0 Å². The van der Waals surface area contributed by atoms with Crippen LogP contribution in [0.1, 0.15) is 29.6 Å². The summed E-state index contributed by atoms with van der Waals surface area (Å²) in [6, 6.07) is 4.04. The van der Waals surface area contributed by atoms with Crippen molar-refractivity contribution in [1.29, 1.82) is 0 Å². The van der Waals surface area contributed by atoms with Crippen molar-refractivity contribution in [3.8, 4) is 5.75 Å². The van der Waals surface area contributed by atoms with Gasteiger partial charge in [-0.2, -0.15) is 0 Å². The van der Waals surface area contributed by atoms with E-state index in [1.807, 2.05) is 0 Å². The molecule has 1 heterocycles. The van der Waals surface area contributed by atoms with Gasteiger partial charge in [-0.05, 0) is 25.3 Å². The molecule has 1 saturated heterocycles. The molecule has 114 valence electrons. The molecule has 1 unspecified atom stereocenters. The number of rotatable bonds is 4. The number of ether oxygens (including phenoxy) is 1. The number of nitro benzene ring substituents is 1. The molecule has 1 aliphatic rings. The summed E-state index contributed by atoms with van der Waals surface area (Å²) in [4.78, 5) is 24.7. The summed E-state index contributed by atoms with van der Waals surface area (Å²) in [7, 11) is 1.39. The molecule has 1 amide bonds. The maximum atomic E-state index is 12.6. The van der Waals surface area contributed by atoms with Crippen LogP contribution in [0.25, 0.3) is 0 Å². The van der Waals surface area contributed by atoms with Crippen LogP contribution in [-0.2, 0) is 0 Å². The monoisotopic (exact) mass is 312 g/mol. The molecule has 7 heteroatoms. The topological polar surface area (TPSA) is 72.7 Å². The quantitative estimate of drug-likeness (QED) is 0.487. The molecule has 0 aromatic heterocycles. The third-order valence-electron chi connectivity index (χ3n) is 3.69. The van der Waals surface area contributed by atoms with Gasteiger partial charge in [0.25, 0.3) is 11.6 Å². The minimum absolute atomic E-state index is 0.00724. The zero-order chi connectivity index (χ0) is 15.4. The van der Waals surface area contributed by atoms with Crippen LogP contribution in [0.3, 0.4) is 0 Å². The van der Waals surface area contributed by atoms with Crippen LogP contribution in [0.5, 0.6) is 5.75 Å². The lowest BCUT2D eigenvalue weighted by Crippen LogP contribution is -2.44. The Morgan fingerprint density at radius 1 is 1.52 bits per heavy atom. The van der Waals surface area contributed by atoms with Gasteiger partial charge in [0.2, 0.25) is 0 Å². The summed E-state index contributed by atoms with van der Waals surface area (Å²) in [5.74, 6) is 0.418. The van der Waals surface area contributed by atoms with E-state index in [1.165, 1.54) is 25.3 Å². The van der Waals surface area contributed by atoms with Gasteiger partial charge in [-0.25, -0.2) is 0 Å². The first-order chi connectivity index (χ1) is 10.1. The van der Waals surface area contributed by atoms with Gasteiger partial charge < -0.3 is 9.64 Å². The molecule has 2 rings (SSSR count).